The molecule has 2 aromatic rings. The maximum Gasteiger partial charge on any atom is 0.161 e. The van der Waals surface area contributed by atoms with Crippen LogP contribution in [0.3, 0.4) is 0 Å². The molecule has 0 spiro atoms. The summed E-state index contributed by atoms with van der Waals surface area (Å²) in [7, 11) is 0. The lowest BCUT2D eigenvalue weighted by Crippen LogP contribution is -2.17. The van der Waals surface area contributed by atoms with Crippen LogP contribution in [0.15, 0.2) is 48.5 Å². The monoisotopic (exact) mass is 257 g/mol. The minimum Gasteiger partial charge on any atom is -0.504 e. The number of nitrogens with two attached hydrogens (primary N) is 1. The zero-order valence-corrected chi connectivity index (χ0v) is 11.0. The molecule has 3 N–H and O–H groups in total. The molecular weight excluding hydrogens is 238 g/mol. The lowest BCUT2D eigenvalue weighted by molar-refractivity contribution is 0.288. The van der Waals surface area contributed by atoms with Gasteiger partial charge in [-0.15, -0.1) is 0 Å². The third-order valence-corrected chi connectivity index (χ3v) is 2.86. The van der Waals surface area contributed by atoms with Gasteiger partial charge in [-0.25, -0.2) is 0 Å². The first kappa shape index (κ1) is 13.4. The lowest BCUT2D eigenvalue weighted by Gasteiger charge is -2.12. The van der Waals surface area contributed by atoms with Crippen molar-refractivity contribution in [2.45, 2.75) is 26.0 Å². The Morgan fingerprint density at radius 1 is 1.11 bits per heavy atom. The minimum absolute atomic E-state index is 0.00951. The second-order valence-corrected chi connectivity index (χ2v) is 4.72. The first-order valence-electron chi connectivity index (χ1n) is 6.40. The molecule has 0 radical (unpaired) electrons. The van der Waals surface area contributed by atoms with E-state index >= 15 is 0 Å². The van der Waals surface area contributed by atoms with Crippen molar-refractivity contribution in [3.05, 3.63) is 59.7 Å². The third kappa shape index (κ3) is 3.73. The van der Waals surface area contributed by atoms with Gasteiger partial charge in [-0.1, -0.05) is 42.5 Å². The van der Waals surface area contributed by atoms with Crippen molar-refractivity contribution in [3.8, 4) is 11.5 Å². The number of para-hydroxylation sites is 1. The molecule has 0 aliphatic rings. The zero-order valence-electron chi connectivity index (χ0n) is 11.0. The molecule has 100 valence electrons. The Morgan fingerprint density at radius 3 is 2.53 bits per heavy atom. The fraction of sp³-hybridized carbons (Fsp3) is 0.250. The summed E-state index contributed by atoms with van der Waals surface area (Å²) in [5.74, 6) is 0.692. The number of benzene rings is 2. The van der Waals surface area contributed by atoms with Gasteiger partial charge in [0.2, 0.25) is 0 Å². The van der Waals surface area contributed by atoms with Crippen LogP contribution in [0, 0.1) is 0 Å². The maximum atomic E-state index is 10.1. The molecule has 0 bridgehead atoms. The van der Waals surface area contributed by atoms with Gasteiger partial charge in [-0.3, -0.25) is 0 Å². The van der Waals surface area contributed by atoms with E-state index in [-0.39, 0.29) is 11.8 Å². The van der Waals surface area contributed by atoms with E-state index in [0.29, 0.717) is 18.8 Å². The van der Waals surface area contributed by atoms with Crippen molar-refractivity contribution < 1.29 is 9.84 Å². The van der Waals surface area contributed by atoms with Crippen molar-refractivity contribution in [1.82, 2.24) is 0 Å². The molecule has 0 amide bonds. The normalized spacial score (nSPS) is 12.1. The molecular formula is C16H19NO2. The summed E-state index contributed by atoms with van der Waals surface area (Å²) in [5.41, 5.74) is 7.65. The summed E-state index contributed by atoms with van der Waals surface area (Å²) in [4.78, 5) is 0. The van der Waals surface area contributed by atoms with Crippen LogP contribution in [0.5, 0.6) is 11.5 Å². The number of phenolic OH excluding ortho intramolecular Hbond substituents is 1. The molecule has 2 rings (SSSR count). The molecule has 19 heavy (non-hydrogen) atoms. The summed E-state index contributed by atoms with van der Waals surface area (Å²) < 4.78 is 5.65. The average molecular weight is 257 g/mol. The number of aromatic hydroxyl groups is 1. The summed E-state index contributed by atoms with van der Waals surface area (Å²) in [6, 6.07) is 15.4. The smallest absolute Gasteiger partial charge is 0.161 e. The Morgan fingerprint density at radius 2 is 1.84 bits per heavy atom. The standard InChI is InChI=1S/C16H19NO2/c1-12(17)10-14-8-5-9-15(16(14)18)19-11-13-6-3-2-4-7-13/h2-9,12,18H,10-11,17H2,1H3. The molecule has 0 aliphatic heterocycles. The Bertz CT molecular complexity index is 524. The fourth-order valence-electron chi connectivity index (χ4n) is 1.93. The van der Waals surface area contributed by atoms with Crippen LogP contribution >= 0.6 is 0 Å². The van der Waals surface area contributed by atoms with Gasteiger partial charge in [-0.05, 0) is 30.5 Å². The first-order chi connectivity index (χ1) is 9.16. The quantitative estimate of drug-likeness (QED) is 0.866. The summed E-state index contributed by atoms with van der Waals surface area (Å²) in [5, 5.41) is 10.1. The summed E-state index contributed by atoms with van der Waals surface area (Å²) in [6.07, 6.45) is 0.633. The highest BCUT2D eigenvalue weighted by Crippen LogP contribution is 2.31. The van der Waals surface area contributed by atoms with E-state index in [4.69, 9.17) is 10.5 Å². The molecule has 1 unspecified atom stereocenters. The van der Waals surface area contributed by atoms with Gasteiger partial charge in [0, 0.05) is 6.04 Å². The molecule has 3 heteroatoms. The topological polar surface area (TPSA) is 55.5 Å². The van der Waals surface area contributed by atoms with Crippen molar-refractivity contribution in [2.24, 2.45) is 5.73 Å². The molecule has 0 aliphatic carbocycles. The van der Waals surface area contributed by atoms with E-state index < -0.39 is 0 Å². The molecule has 0 saturated carbocycles. The maximum absolute atomic E-state index is 10.1. The van der Waals surface area contributed by atoms with Gasteiger partial charge in [0.05, 0.1) is 0 Å². The van der Waals surface area contributed by atoms with E-state index in [1.807, 2.05) is 49.4 Å². The van der Waals surface area contributed by atoms with Gasteiger partial charge in [0.15, 0.2) is 11.5 Å². The fourth-order valence-corrected chi connectivity index (χ4v) is 1.93. The Labute approximate surface area is 113 Å². The van der Waals surface area contributed by atoms with Crippen LogP contribution in [0.1, 0.15) is 18.1 Å². The summed E-state index contributed by atoms with van der Waals surface area (Å²) >= 11 is 0. The van der Waals surface area contributed by atoms with E-state index in [1.54, 1.807) is 6.07 Å². The number of rotatable bonds is 5. The van der Waals surface area contributed by atoms with Gasteiger partial charge in [0.25, 0.3) is 0 Å². The van der Waals surface area contributed by atoms with Crippen molar-refractivity contribution in [2.75, 3.05) is 0 Å². The Balaban J connectivity index is 2.08. The van der Waals surface area contributed by atoms with Gasteiger partial charge < -0.3 is 15.6 Å². The van der Waals surface area contributed by atoms with Crippen molar-refractivity contribution in [3.63, 3.8) is 0 Å². The molecule has 0 aromatic heterocycles. The first-order valence-corrected chi connectivity index (χ1v) is 6.40. The highest BCUT2D eigenvalue weighted by Gasteiger charge is 2.09. The second kappa shape index (κ2) is 6.25. The predicted molar refractivity (Wildman–Crippen MR) is 76.2 cm³/mol. The lowest BCUT2D eigenvalue weighted by atomic mass is 10.1. The minimum atomic E-state index is 0.00951. The zero-order chi connectivity index (χ0) is 13.7. The number of phenols is 1. The van der Waals surface area contributed by atoms with Crippen LogP contribution in [0.4, 0.5) is 0 Å². The highest BCUT2D eigenvalue weighted by molar-refractivity contribution is 5.45. The van der Waals surface area contributed by atoms with Crippen molar-refractivity contribution in [1.29, 1.82) is 0 Å². The van der Waals surface area contributed by atoms with Crippen LogP contribution < -0.4 is 10.5 Å². The van der Waals surface area contributed by atoms with Crippen LogP contribution in [-0.2, 0) is 13.0 Å². The average Bonchev–Trinajstić information content (AvgIpc) is 2.40. The summed E-state index contributed by atoms with van der Waals surface area (Å²) in [6.45, 7) is 2.35. The molecule has 3 nitrogen and oxygen atoms in total. The number of hydrogen-bond donors (Lipinski definition) is 2. The SMILES string of the molecule is CC(N)Cc1cccc(OCc2ccccc2)c1O. The molecule has 1 atom stereocenters. The van der Waals surface area contributed by atoms with Gasteiger partial charge >= 0.3 is 0 Å². The van der Waals surface area contributed by atoms with Crippen LogP contribution in [-0.4, -0.2) is 11.1 Å². The van der Waals surface area contributed by atoms with E-state index in [2.05, 4.69) is 0 Å². The van der Waals surface area contributed by atoms with E-state index in [0.717, 1.165) is 11.1 Å². The molecule has 0 heterocycles. The largest absolute Gasteiger partial charge is 0.504 e. The third-order valence-electron chi connectivity index (χ3n) is 2.86. The van der Waals surface area contributed by atoms with E-state index in [1.165, 1.54) is 0 Å². The highest BCUT2D eigenvalue weighted by atomic mass is 16.5. The van der Waals surface area contributed by atoms with Crippen LogP contribution in [0.25, 0.3) is 0 Å². The molecule has 2 aromatic carbocycles. The van der Waals surface area contributed by atoms with Crippen molar-refractivity contribution >= 4 is 0 Å². The van der Waals surface area contributed by atoms with E-state index in [9.17, 15) is 5.11 Å². The van der Waals surface area contributed by atoms with Gasteiger partial charge in [0.1, 0.15) is 6.61 Å². The Hall–Kier alpha value is -2.00. The molecule has 0 saturated heterocycles. The Kier molecular flexibility index (Phi) is 4.42. The number of ether oxygens (including phenoxy) is 1. The van der Waals surface area contributed by atoms with Gasteiger partial charge in [-0.2, -0.15) is 0 Å². The second-order valence-electron chi connectivity index (χ2n) is 4.72. The number of hydrogen-bond acceptors (Lipinski definition) is 3. The van der Waals surface area contributed by atoms with Crippen LogP contribution in [0.2, 0.25) is 0 Å². The molecule has 0 fully saturated rings. The predicted octanol–water partition coefficient (Wildman–Crippen LogP) is 2.86.